The summed E-state index contributed by atoms with van der Waals surface area (Å²) < 4.78 is 10.8. The summed E-state index contributed by atoms with van der Waals surface area (Å²) in [5, 5.41) is 2.95. The van der Waals surface area contributed by atoms with Crippen molar-refractivity contribution in [3.63, 3.8) is 0 Å². The lowest BCUT2D eigenvalue weighted by Gasteiger charge is -2.07. The van der Waals surface area contributed by atoms with Crippen molar-refractivity contribution in [2.24, 2.45) is 21.5 Å². The van der Waals surface area contributed by atoms with E-state index in [1.54, 1.807) is 12.1 Å². The topological polar surface area (TPSA) is 107 Å². The third-order valence-corrected chi connectivity index (χ3v) is 3.06. The van der Waals surface area contributed by atoms with Gasteiger partial charge in [-0.2, -0.15) is 4.99 Å². The van der Waals surface area contributed by atoms with Crippen LogP contribution in [-0.2, 0) is 0 Å². The maximum absolute atomic E-state index is 5.85. The Morgan fingerprint density at radius 1 is 0.880 bits per heavy atom. The van der Waals surface area contributed by atoms with Gasteiger partial charge in [-0.1, -0.05) is 0 Å². The molecule has 0 radical (unpaired) electrons. The van der Waals surface area contributed by atoms with Gasteiger partial charge in [-0.3, -0.25) is 0 Å². The Morgan fingerprint density at radius 2 is 1.40 bits per heavy atom. The molecule has 2 rings (SSSR count). The molecule has 0 heterocycles. The fraction of sp³-hybridized carbons (Fsp3) is 0.222. The summed E-state index contributed by atoms with van der Waals surface area (Å²) >= 11 is 0. The quantitative estimate of drug-likeness (QED) is 0.553. The standard InChI is InChI=1S/C18H23N5O2/c1-3-24-15-9-5-13(6-10-15)21-17(19)23-18(20)22-14-7-11-16(12-8-14)25-4-2/h5-12H,3-4H2,1-2H3,(H5,19,20,21,22,23). The van der Waals surface area contributed by atoms with Crippen molar-refractivity contribution in [3.05, 3.63) is 48.5 Å². The van der Waals surface area contributed by atoms with Crippen LogP contribution in [0.25, 0.3) is 0 Å². The normalized spacial score (nSPS) is 11.9. The van der Waals surface area contributed by atoms with E-state index in [0.717, 1.165) is 17.2 Å². The predicted octanol–water partition coefficient (Wildman–Crippen LogP) is 2.86. The highest BCUT2D eigenvalue weighted by molar-refractivity contribution is 6.01. The van der Waals surface area contributed by atoms with E-state index in [1.165, 1.54) is 0 Å². The summed E-state index contributed by atoms with van der Waals surface area (Å²) in [7, 11) is 0. The zero-order valence-electron chi connectivity index (χ0n) is 14.4. The van der Waals surface area contributed by atoms with Gasteiger partial charge in [-0.15, -0.1) is 0 Å². The molecule has 0 saturated heterocycles. The second-order valence-electron chi connectivity index (χ2n) is 4.98. The number of rotatable bonds is 6. The number of aliphatic imine (C=N–C) groups is 2. The van der Waals surface area contributed by atoms with Crippen LogP contribution in [0, 0.1) is 0 Å². The first-order valence-electron chi connectivity index (χ1n) is 8.01. The van der Waals surface area contributed by atoms with E-state index in [9.17, 15) is 0 Å². The number of ether oxygens (including phenoxy) is 2. The van der Waals surface area contributed by atoms with Crippen molar-refractivity contribution < 1.29 is 9.47 Å². The third-order valence-electron chi connectivity index (χ3n) is 3.06. The zero-order chi connectivity index (χ0) is 18.1. The molecule has 0 bridgehead atoms. The van der Waals surface area contributed by atoms with Gasteiger partial charge in [0.05, 0.1) is 18.9 Å². The van der Waals surface area contributed by atoms with Gasteiger partial charge in [0.15, 0.2) is 0 Å². The molecule has 0 unspecified atom stereocenters. The zero-order valence-corrected chi connectivity index (χ0v) is 14.4. The van der Waals surface area contributed by atoms with Gasteiger partial charge >= 0.3 is 0 Å². The molecule has 5 N–H and O–H groups in total. The number of anilines is 1. The summed E-state index contributed by atoms with van der Waals surface area (Å²) in [4.78, 5) is 8.23. The van der Waals surface area contributed by atoms with Crippen LogP contribution in [0.2, 0.25) is 0 Å². The van der Waals surface area contributed by atoms with Gasteiger partial charge in [-0.25, -0.2) is 4.99 Å². The number of nitrogens with zero attached hydrogens (tertiary/aromatic N) is 2. The first kappa shape index (κ1) is 18.1. The Kier molecular flexibility index (Phi) is 6.65. The molecule has 0 fully saturated rings. The minimum Gasteiger partial charge on any atom is -0.494 e. The molecule has 2 aromatic carbocycles. The minimum atomic E-state index is 0.0556. The number of nitrogens with two attached hydrogens (primary N) is 2. The number of benzene rings is 2. The van der Waals surface area contributed by atoms with E-state index in [0.29, 0.717) is 18.9 Å². The van der Waals surface area contributed by atoms with Crippen LogP contribution < -0.4 is 26.3 Å². The monoisotopic (exact) mass is 341 g/mol. The Labute approximate surface area is 147 Å². The lowest BCUT2D eigenvalue weighted by atomic mass is 10.3. The maximum Gasteiger partial charge on any atom is 0.223 e. The first-order valence-corrected chi connectivity index (χ1v) is 8.01. The highest BCUT2D eigenvalue weighted by Gasteiger charge is 1.99. The second-order valence-corrected chi connectivity index (χ2v) is 4.98. The summed E-state index contributed by atoms with van der Waals surface area (Å²) in [5.41, 5.74) is 13.1. The first-order chi connectivity index (χ1) is 12.1. The molecule has 0 aliphatic carbocycles. The summed E-state index contributed by atoms with van der Waals surface area (Å²) in [6.45, 7) is 5.10. The average Bonchev–Trinajstić information content (AvgIpc) is 2.59. The van der Waals surface area contributed by atoms with Gasteiger partial charge in [0.1, 0.15) is 11.5 Å². The Morgan fingerprint density at radius 3 is 1.92 bits per heavy atom. The molecule has 0 aromatic heterocycles. The van der Waals surface area contributed by atoms with Gasteiger partial charge in [0.2, 0.25) is 11.9 Å². The maximum atomic E-state index is 5.85. The average molecular weight is 341 g/mol. The predicted molar refractivity (Wildman–Crippen MR) is 102 cm³/mol. The molecule has 2 aromatic rings. The smallest absolute Gasteiger partial charge is 0.223 e. The van der Waals surface area contributed by atoms with Gasteiger partial charge in [-0.05, 0) is 62.4 Å². The summed E-state index contributed by atoms with van der Waals surface area (Å²) in [6, 6.07) is 14.6. The molecule has 7 nitrogen and oxygen atoms in total. The summed E-state index contributed by atoms with van der Waals surface area (Å²) in [5.74, 6) is 1.77. The lowest BCUT2D eigenvalue weighted by Crippen LogP contribution is -2.26. The van der Waals surface area contributed by atoms with E-state index in [4.69, 9.17) is 20.9 Å². The number of guanidine groups is 2. The number of hydrogen-bond donors (Lipinski definition) is 3. The lowest BCUT2D eigenvalue weighted by molar-refractivity contribution is 0.340. The minimum absolute atomic E-state index is 0.0556. The molecule has 0 spiro atoms. The fourth-order valence-electron chi connectivity index (χ4n) is 2.04. The van der Waals surface area contributed by atoms with E-state index >= 15 is 0 Å². The molecular weight excluding hydrogens is 318 g/mol. The highest BCUT2D eigenvalue weighted by Crippen LogP contribution is 2.18. The second kappa shape index (κ2) is 9.17. The van der Waals surface area contributed by atoms with Crippen LogP contribution in [-0.4, -0.2) is 25.1 Å². The van der Waals surface area contributed by atoms with E-state index < -0.39 is 0 Å². The molecule has 25 heavy (non-hydrogen) atoms. The van der Waals surface area contributed by atoms with Crippen LogP contribution in [0.15, 0.2) is 58.5 Å². The number of hydrogen-bond acceptors (Lipinski definition) is 3. The molecule has 132 valence electrons. The Balaban J connectivity index is 1.99. The molecule has 0 aliphatic rings. The highest BCUT2D eigenvalue weighted by atomic mass is 16.5. The van der Waals surface area contributed by atoms with E-state index in [1.807, 2.05) is 50.2 Å². The van der Waals surface area contributed by atoms with Crippen LogP contribution in [0.1, 0.15) is 13.8 Å². The molecule has 0 saturated carbocycles. The fourth-order valence-corrected chi connectivity index (χ4v) is 2.04. The molecule has 7 heteroatoms. The van der Waals surface area contributed by atoms with Crippen LogP contribution >= 0.6 is 0 Å². The van der Waals surface area contributed by atoms with Crippen LogP contribution in [0.5, 0.6) is 11.5 Å². The van der Waals surface area contributed by atoms with Crippen molar-refractivity contribution in [2.75, 3.05) is 18.5 Å². The van der Waals surface area contributed by atoms with Gasteiger partial charge in [0, 0.05) is 5.69 Å². The van der Waals surface area contributed by atoms with Crippen molar-refractivity contribution in [1.82, 2.24) is 0 Å². The Hall–Kier alpha value is -3.22. The number of nitrogens with one attached hydrogen (secondary N) is 1. The molecule has 0 aliphatic heterocycles. The third kappa shape index (κ3) is 6.06. The van der Waals surface area contributed by atoms with Crippen LogP contribution in [0.3, 0.4) is 0 Å². The summed E-state index contributed by atoms with van der Waals surface area (Å²) in [6.07, 6.45) is 0. The van der Waals surface area contributed by atoms with Crippen molar-refractivity contribution in [3.8, 4) is 11.5 Å². The van der Waals surface area contributed by atoms with Crippen molar-refractivity contribution >= 4 is 23.3 Å². The molecular formula is C18H23N5O2. The largest absolute Gasteiger partial charge is 0.494 e. The van der Waals surface area contributed by atoms with Gasteiger partial charge in [0.25, 0.3) is 0 Å². The SMILES string of the molecule is CCOc1ccc(N=C(N)/N=C(\N)Nc2ccc(OCC)cc2)cc1. The Bertz CT molecular complexity index is 724. The molecule has 0 atom stereocenters. The van der Waals surface area contributed by atoms with E-state index in [2.05, 4.69) is 15.3 Å². The molecule has 0 amide bonds. The van der Waals surface area contributed by atoms with Crippen molar-refractivity contribution in [1.29, 1.82) is 0 Å². The van der Waals surface area contributed by atoms with Crippen LogP contribution in [0.4, 0.5) is 11.4 Å². The van der Waals surface area contributed by atoms with Gasteiger partial charge < -0.3 is 26.3 Å². The van der Waals surface area contributed by atoms with Crippen molar-refractivity contribution in [2.45, 2.75) is 13.8 Å². The van der Waals surface area contributed by atoms with E-state index in [-0.39, 0.29) is 11.9 Å².